The van der Waals surface area contributed by atoms with Crippen molar-refractivity contribution in [3.8, 4) is 11.5 Å². The van der Waals surface area contributed by atoms with Gasteiger partial charge in [0.15, 0.2) is 0 Å². The van der Waals surface area contributed by atoms with Crippen molar-refractivity contribution in [2.45, 2.75) is 6.92 Å². The molecule has 0 saturated carbocycles. The zero-order chi connectivity index (χ0) is 18.4. The first-order chi connectivity index (χ1) is 11.9. The molecule has 132 valence electrons. The summed E-state index contributed by atoms with van der Waals surface area (Å²) in [6, 6.07) is 10.0. The van der Waals surface area contributed by atoms with Crippen LogP contribution in [0.3, 0.4) is 0 Å². The Bertz CT molecular complexity index is 770. The predicted octanol–water partition coefficient (Wildman–Crippen LogP) is 3.03. The van der Waals surface area contributed by atoms with Gasteiger partial charge < -0.3 is 20.1 Å². The van der Waals surface area contributed by atoms with Gasteiger partial charge in [-0.15, -0.1) is 0 Å². The first-order valence-electron chi connectivity index (χ1n) is 7.51. The molecule has 2 aromatic rings. The maximum absolute atomic E-state index is 12.2. The number of carbonyl (C=O) groups excluding carboxylic acids is 2. The quantitative estimate of drug-likeness (QED) is 0.828. The van der Waals surface area contributed by atoms with E-state index in [4.69, 9.17) is 21.1 Å². The lowest BCUT2D eigenvalue weighted by molar-refractivity contribution is -0.115. The summed E-state index contributed by atoms with van der Waals surface area (Å²) >= 11 is 6.02. The van der Waals surface area contributed by atoms with Crippen LogP contribution in [0.4, 0.5) is 5.69 Å². The Morgan fingerprint density at radius 2 is 1.72 bits per heavy atom. The van der Waals surface area contributed by atoms with Crippen LogP contribution in [-0.2, 0) is 4.79 Å². The summed E-state index contributed by atoms with van der Waals surface area (Å²) in [7, 11) is 2.99. The SMILES string of the molecule is COc1cc(OC)cc(C(=O)NCC(=O)Nc2cccc(Cl)c2C)c1. The van der Waals surface area contributed by atoms with Gasteiger partial charge in [-0.2, -0.15) is 0 Å². The van der Waals surface area contributed by atoms with E-state index in [1.54, 1.807) is 43.3 Å². The minimum absolute atomic E-state index is 0.176. The van der Waals surface area contributed by atoms with Crippen LogP contribution in [0.5, 0.6) is 11.5 Å². The second-order valence-electron chi connectivity index (χ2n) is 5.24. The van der Waals surface area contributed by atoms with Gasteiger partial charge >= 0.3 is 0 Å². The molecule has 2 amide bonds. The smallest absolute Gasteiger partial charge is 0.251 e. The van der Waals surface area contributed by atoms with E-state index >= 15 is 0 Å². The lowest BCUT2D eigenvalue weighted by atomic mass is 10.2. The number of halogens is 1. The van der Waals surface area contributed by atoms with E-state index < -0.39 is 5.91 Å². The van der Waals surface area contributed by atoms with Gasteiger partial charge in [-0.05, 0) is 36.8 Å². The molecule has 7 heteroatoms. The van der Waals surface area contributed by atoms with Crippen LogP contribution in [0.2, 0.25) is 5.02 Å². The molecule has 0 heterocycles. The average molecular weight is 363 g/mol. The van der Waals surface area contributed by atoms with Gasteiger partial charge in [-0.25, -0.2) is 0 Å². The predicted molar refractivity (Wildman–Crippen MR) is 96.7 cm³/mol. The van der Waals surface area contributed by atoms with Crippen molar-refractivity contribution in [3.63, 3.8) is 0 Å². The van der Waals surface area contributed by atoms with Crippen LogP contribution in [0.25, 0.3) is 0 Å². The molecule has 0 unspecified atom stereocenters. The number of benzene rings is 2. The lowest BCUT2D eigenvalue weighted by Crippen LogP contribution is -2.33. The zero-order valence-corrected chi connectivity index (χ0v) is 14.9. The molecule has 0 fully saturated rings. The maximum Gasteiger partial charge on any atom is 0.251 e. The van der Waals surface area contributed by atoms with Gasteiger partial charge in [-0.1, -0.05) is 17.7 Å². The molecule has 0 spiro atoms. The Kier molecular flexibility index (Phi) is 6.25. The van der Waals surface area contributed by atoms with Crippen LogP contribution in [0.1, 0.15) is 15.9 Å². The highest BCUT2D eigenvalue weighted by Crippen LogP contribution is 2.23. The number of nitrogens with one attached hydrogen (secondary N) is 2. The molecule has 2 rings (SSSR count). The fourth-order valence-corrected chi connectivity index (χ4v) is 2.31. The summed E-state index contributed by atoms with van der Waals surface area (Å²) in [5.74, 6) is 0.218. The molecule has 2 aromatic carbocycles. The summed E-state index contributed by atoms with van der Waals surface area (Å²) < 4.78 is 10.2. The van der Waals surface area contributed by atoms with Gasteiger partial charge in [0.05, 0.1) is 20.8 Å². The molecule has 0 aliphatic carbocycles. The van der Waals surface area contributed by atoms with Gasteiger partial charge in [0, 0.05) is 22.3 Å². The van der Waals surface area contributed by atoms with E-state index in [1.807, 2.05) is 0 Å². The molecule has 2 N–H and O–H groups in total. The fourth-order valence-electron chi connectivity index (χ4n) is 2.14. The highest BCUT2D eigenvalue weighted by molar-refractivity contribution is 6.31. The third-order valence-corrected chi connectivity index (χ3v) is 3.97. The van der Waals surface area contributed by atoms with Gasteiger partial charge in [0.2, 0.25) is 5.91 Å². The Morgan fingerprint density at radius 1 is 1.08 bits per heavy atom. The van der Waals surface area contributed by atoms with E-state index in [9.17, 15) is 9.59 Å². The fraction of sp³-hybridized carbons (Fsp3) is 0.222. The number of ether oxygens (including phenoxy) is 2. The molecular formula is C18H19ClN2O4. The highest BCUT2D eigenvalue weighted by Gasteiger charge is 2.12. The number of anilines is 1. The highest BCUT2D eigenvalue weighted by atomic mass is 35.5. The molecule has 0 aliphatic rings. The van der Waals surface area contributed by atoms with Crippen LogP contribution in [-0.4, -0.2) is 32.6 Å². The van der Waals surface area contributed by atoms with Crippen molar-refractivity contribution in [2.24, 2.45) is 0 Å². The first-order valence-corrected chi connectivity index (χ1v) is 7.88. The maximum atomic E-state index is 12.2. The lowest BCUT2D eigenvalue weighted by Gasteiger charge is -2.11. The number of amides is 2. The van der Waals surface area contributed by atoms with Gasteiger partial charge in [0.25, 0.3) is 5.91 Å². The van der Waals surface area contributed by atoms with Crippen molar-refractivity contribution >= 4 is 29.1 Å². The number of hydrogen-bond donors (Lipinski definition) is 2. The Morgan fingerprint density at radius 3 is 2.32 bits per heavy atom. The summed E-state index contributed by atoms with van der Waals surface area (Å²) in [5.41, 5.74) is 1.71. The molecule has 0 bridgehead atoms. The molecule has 6 nitrogen and oxygen atoms in total. The number of rotatable bonds is 6. The third-order valence-electron chi connectivity index (χ3n) is 3.56. The molecule has 0 aromatic heterocycles. The van der Waals surface area contributed by atoms with Crippen molar-refractivity contribution in [1.29, 1.82) is 0 Å². The van der Waals surface area contributed by atoms with Crippen molar-refractivity contribution < 1.29 is 19.1 Å². The summed E-state index contributed by atoms with van der Waals surface area (Å²) in [5, 5.41) is 5.84. The number of methoxy groups -OCH3 is 2. The minimum Gasteiger partial charge on any atom is -0.497 e. The number of carbonyl (C=O) groups is 2. The zero-order valence-electron chi connectivity index (χ0n) is 14.2. The summed E-state index contributed by atoms with van der Waals surface area (Å²) in [6.07, 6.45) is 0. The van der Waals surface area contributed by atoms with Gasteiger partial charge in [-0.3, -0.25) is 9.59 Å². The first kappa shape index (κ1) is 18.6. The van der Waals surface area contributed by atoms with E-state index in [0.29, 0.717) is 27.8 Å². The molecule has 0 atom stereocenters. The summed E-state index contributed by atoms with van der Waals surface area (Å²) in [4.78, 5) is 24.3. The standard InChI is InChI=1S/C18H19ClN2O4/c1-11-15(19)5-4-6-16(11)21-17(22)10-20-18(23)12-7-13(24-2)9-14(8-12)25-3/h4-9H,10H2,1-3H3,(H,20,23)(H,21,22). The third kappa shape index (κ3) is 4.87. The average Bonchev–Trinajstić information content (AvgIpc) is 2.63. The molecular weight excluding hydrogens is 344 g/mol. The summed E-state index contributed by atoms with van der Waals surface area (Å²) in [6.45, 7) is 1.63. The molecule has 0 saturated heterocycles. The van der Waals surface area contributed by atoms with Crippen LogP contribution in [0, 0.1) is 6.92 Å². The second kappa shape index (κ2) is 8.39. The largest absolute Gasteiger partial charge is 0.497 e. The Balaban J connectivity index is 2.00. The van der Waals surface area contributed by atoms with E-state index in [0.717, 1.165) is 5.56 Å². The van der Waals surface area contributed by atoms with E-state index in [-0.39, 0.29) is 12.5 Å². The van der Waals surface area contributed by atoms with Crippen LogP contribution < -0.4 is 20.1 Å². The van der Waals surface area contributed by atoms with Crippen molar-refractivity contribution in [2.75, 3.05) is 26.1 Å². The molecule has 0 aliphatic heterocycles. The van der Waals surface area contributed by atoms with Crippen LogP contribution >= 0.6 is 11.6 Å². The van der Waals surface area contributed by atoms with E-state index in [2.05, 4.69) is 10.6 Å². The topological polar surface area (TPSA) is 76.7 Å². The Labute approximate surface area is 151 Å². The normalized spacial score (nSPS) is 10.1. The van der Waals surface area contributed by atoms with Gasteiger partial charge in [0.1, 0.15) is 11.5 Å². The van der Waals surface area contributed by atoms with Crippen molar-refractivity contribution in [3.05, 3.63) is 52.5 Å². The van der Waals surface area contributed by atoms with Crippen LogP contribution in [0.15, 0.2) is 36.4 Å². The second-order valence-corrected chi connectivity index (χ2v) is 5.65. The molecule has 0 radical (unpaired) electrons. The monoisotopic (exact) mass is 362 g/mol. The molecule has 25 heavy (non-hydrogen) atoms. The van der Waals surface area contributed by atoms with Crippen molar-refractivity contribution in [1.82, 2.24) is 5.32 Å². The van der Waals surface area contributed by atoms with E-state index in [1.165, 1.54) is 14.2 Å². The minimum atomic E-state index is -0.407. The number of hydrogen-bond acceptors (Lipinski definition) is 4. The Hall–Kier alpha value is -2.73.